The van der Waals surface area contributed by atoms with Crippen molar-refractivity contribution in [1.29, 1.82) is 0 Å². The van der Waals surface area contributed by atoms with Crippen LogP contribution in [-0.4, -0.2) is 64.2 Å². The van der Waals surface area contributed by atoms with Crippen LogP contribution in [0.2, 0.25) is 0 Å². The molecular formula is C16H28N4O2S. The number of likely N-dealkylation sites (N-methyl/N-ethyl adjacent to an activating group) is 1. The van der Waals surface area contributed by atoms with Crippen molar-refractivity contribution in [1.82, 2.24) is 15.5 Å². The Hall–Kier alpha value is -1.60. The zero-order valence-electron chi connectivity index (χ0n) is 14.7. The fraction of sp³-hybridized carbons (Fsp3) is 0.625. The second kappa shape index (κ2) is 9.52. The Morgan fingerprint density at radius 3 is 2.70 bits per heavy atom. The Balaban J connectivity index is 2.64. The first-order valence-electron chi connectivity index (χ1n) is 7.62. The maximum absolute atomic E-state index is 11.7. The predicted molar refractivity (Wildman–Crippen MR) is 96.2 cm³/mol. The van der Waals surface area contributed by atoms with Crippen LogP contribution in [0.4, 0.5) is 0 Å². The number of nitrogens with zero attached hydrogens (tertiary/aromatic N) is 2. The molecule has 130 valence electrons. The summed E-state index contributed by atoms with van der Waals surface area (Å²) in [6.45, 7) is 6.43. The Labute approximate surface area is 142 Å². The first-order chi connectivity index (χ1) is 10.9. The summed E-state index contributed by atoms with van der Waals surface area (Å²) in [4.78, 5) is 18.9. The number of amides is 1. The highest BCUT2D eigenvalue weighted by atomic mass is 32.1. The largest absolute Gasteiger partial charge is 0.383 e. The quantitative estimate of drug-likeness (QED) is 0.425. The third-order valence-electron chi connectivity index (χ3n) is 3.36. The number of hydrogen-bond donors (Lipinski definition) is 2. The van der Waals surface area contributed by atoms with Crippen LogP contribution in [0.5, 0.6) is 0 Å². The van der Waals surface area contributed by atoms with Gasteiger partial charge in [0, 0.05) is 44.6 Å². The molecule has 7 heteroatoms. The molecule has 0 aliphatic rings. The van der Waals surface area contributed by atoms with E-state index in [0.29, 0.717) is 19.1 Å². The summed E-state index contributed by atoms with van der Waals surface area (Å²) in [7, 11) is 5.10. The van der Waals surface area contributed by atoms with Crippen LogP contribution >= 0.6 is 11.3 Å². The molecule has 0 aromatic carbocycles. The molecule has 0 unspecified atom stereocenters. The van der Waals surface area contributed by atoms with Gasteiger partial charge in [0.2, 0.25) is 5.91 Å². The van der Waals surface area contributed by atoms with Crippen molar-refractivity contribution >= 4 is 23.2 Å². The smallest absolute Gasteiger partial charge is 0.243 e. The first-order valence-corrected chi connectivity index (χ1v) is 8.50. The van der Waals surface area contributed by atoms with Gasteiger partial charge in [0.25, 0.3) is 0 Å². The second-order valence-electron chi connectivity index (χ2n) is 6.09. The van der Waals surface area contributed by atoms with E-state index in [9.17, 15) is 4.79 Å². The first kappa shape index (κ1) is 19.4. The maximum atomic E-state index is 11.7. The molecule has 0 saturated carbocycles. The summed E-state index contributed by atoms with van der Waals surface area (Å²) in [5, 5.41) is 8.58. The van der Waals surface area contributed by atoms with Gasteiger partial charge in [-0.2, -0.15) is 0 Å². The maximum Gasteiger partial charge on any atom is 0.243 e. The van der Waals surface area contributed by atoms with E-state index in [0.717, 1.165) is 6.54 Å². The van der Waals surface area contributed by atoms with Crippen molar-refractivity contribution < 1.29 is 9.53 Å². The summed E-state index contributed by atoms with van der Waals surface area (Å²) in [5.41, 5.74) is -0.0105. The van der Waals surface area contributed by atoms with Crippen molar-refractivity contribution in [3.63, 3.8) is 0 Å². The lowest BCUT2D eigenvalue weighted by molar-refractivity contribution is -0.127. The van der Waals surface area contributed by atoms with Crippen LogP contribution in [0.15, 0.2) is 22.5 Å². The molecule has 0 bridgehead atoms. The van der Waals surface area contributed by atoms with E-state index in [2.05, 4.69) is 47.0 Å². The van der Waals surface area contributed by atoms with Crippen LogP contribution in [0.3, 0.4) is 0 Å². The van der Waals surface area contributed by atoms with Gasteiger partial charge in [0.1, 0.15) is 6.54 Å². The van der Waals surface area contributed by atoms with Gasteiger partial charge >= 0.3 is 0 Å². The van der Waals surface area contributed by atoms with Crippen LogP contribution in [0, 0.1) is 0 Å². The van der Waals surface area contributed by atoms with Crippen molar-refractivity contribution in [2.24, 2.45) is 4.99 Å². The zero-order valence-corrected chi connectivity index (χ0v) is 15.5. The van der Waals surface area contributed by atoms with Crippen molar-refractivity contribution in [2.75, 3.05) is 47.4 Å². The SMILES string of the molecule is COCCNC(=NCC(=O)N(C)C)NCC(C)(C)c1cccs1. The molecule has 0 saturated heterocycles. The van der Waals surface area contributed by atoms with E-state index >= 15 is 0 Å². The van der Waals surface area contributed by atoms with Crippen molar-refractivity contribution in [2.45, 2.75) is 19.3 Å². The molecule has 1 aromatic heterocycles. The van der Waals surface area contributed by atoms with E-state index in [4.69, 9.17) is 4.74 Å². The molecular weight excluding hydrogens is 312 g/mol. The molecule has 1 aromatic rings. The van der Waals surface area contributed by atoms with Crippen molar-refractivity contribution in [3.05, 3.63) is 22.4 Å². The molecule has 0 radical (unpaired) electrons. The van der Waals surface area contributed by atoms with E-state index in [-0.39, 0.29) is 17.9 Å². The van der Waals surface area contributed by atoms with E-state index < -0.39 is 0 Å². The van der Waals surface area contributed by atoms with Crippen molar-refractivity contribution in [3.8, 4) is 0 Å². The number of nitrogens with one attached hydrogen (secondary N) is 2. The van der Waals surface area contributed by atoms with Crippen LogP contribution in [0.25, 0.3) is 0 Å². The Morgan fingerprint density at radius 1 is 1.39 bits per heavy atom. The summed E-state index contributed by atoms with van der Waals surface area (Å²) in [6.07, 6.45) is 0. The van der Waals surface area contributed by atoms with E-state index in [1.54, 1.807) is 32.5 Å². The molecule has 2 N–H and O–H groups in total. The molecule has 23 heavy (non-hydrogen) atoms. The summed E-state index contributed by atoms with van der Waals surface area (Å²) < 4.78 is 5.04. The highest BCUT2D eigenvalue weighted by Crippen LogP contribution is 2.26. The van der Waals surface area contributed by atoms with Crippen LogP contribution < -0.4 is 10.6 Å². The third-order valence-corrected chi connectivity index (χ3v) is 4.59. The molecule has 0 aliphatic carbocycles. The minimum Gasteiger partial charge on any atom is -0.383 e. The van der Waals surface area contributed by atoms with Crippen LogP contribution in [-0.2, 0) is 14.9 Å². The van der Waals surface area contributed by atoms with Gasteiger partial charge in [-0.1, -0.05) is 19.9 Å². The van der Waals surface area contributed by atoms with Gasteiger partial charge in [-0.3, -0.25) is 4.79 Å². The molecule has 1 amide bonds. The highest BCUT2D eigenvalue weighted by molar-refractivity contribution is 7.10. The van der Waals surface area contributed by atoms with E-state index in [1.165, 1.54) is 9.78 Å². The number of carbonyl (C=O) groups is 1. The normalized spacial score (nSPS) is 12.1. The monoisotopic (exact) mass is 340 g/mol. The number of hydrogen-bond acceptors (Lipinski definition) is 4. The summed E-state index contributed by atoms with van der Waals surface area (Å²) >= 11 is 1.74. The lowest BCUT2D eigenvalue weighted by atomic mass is 9.91. The molecule has 0 aliphatic heterocycles. The van der Waals surface area contributed by atoms with Crippen LogP contribution in [0.1, 0.15) is 18.7 Å². The molecule has 0 spiro atoms. The molecule has 6 nitrogen and oxygen atoms in total. The number of ether oxygens (including phenoxy) is 1. The summed E-state index contributed by atoms with van der Waals surface area (Å²) in [5.74, 6) is 0.595. The topological polar surface area (TPSA) is 66.0 Å². The number of thiophene rings is 1. The third kappa shape index (κ3) is 7.00. The molecule has 1 rings (SSSR count). The minimum atomic E-state index is -0.0321. The van der Waals surface area contributed by atoms with Gasteiger partial charge in [-0.25, -0.2) is 4.99 Å². The Bertz CT molecular complexity index is 498. The van der Waals surface area contributed by atoms with Gasteiger partial charge in [0.05, 0.1) is 6.61 Å². The predicted octanol–water partition coefficient (Wildman–Crippen LogP) is 1.30. The average molecular weight is 340 g/mol. The number of carbonyl (C=O) groups excluding carboxylic acids is 1. The average Bonchev–Trinajstić information content (AvgIpc) is 3.04. The van der Waals surface area contributed by atoms with Gasteiger partial charge < -0.3 is 20.3 Å². The lowest BCUT2D eigenvalue weighted by Gasteiger charge is -2.25. The number of rotatable bonds is 8. The molecule has 0 atom stereocenters. The molecule has 0 fully saturated rings. The van der Waals surface area contributed by atoms with Gasteiger partial charge in [-0.05, 0) is 11.4 Å². The zero-order chi connectivity index (χ0) is 17.3. The lowest BCUT2D eigenvalue weighted by Crippen LogP contribution is -2.44. The number of methoxy groups -OCH3 is 1. The second-order valence-corrected chi connectivity index (χ2v) is 7.04. The fourth-order valence-corrected chi connectivity index (χ4v) is 2.64. The number of aliphatic imine (C=N–C) groups is 1. The highest BCUT2D eigenvalue weighted by Gasteiger charge is 2.22. The van der Waals surface area contributed by atoms with Gasteiger partial charge in [-0.15, -0.1) is 11.3 Å². The number of guanidine groups is 1. The van der Waals surface area contributed by atoms with Gasteiger partial charge in [0.15, 0.2) is 5.96 Å². The van der Waals surface area contributed by atoms with E-state index in [1.807, 2.05) is 0 Å². The fourth-order valence-electron chi connectivity index (χ4n) is 1.79. The standard InChI is InChI=1S/C16H28N4O2S/c1-16(2,13-7-6-10-23-13)12-19-15(17-8-9-22-5)18-11-14(21)20(3)4/h6-7,10H,8-9,11-12H2,1-5H3,(H2,17,18,19). The summed E-state index contributed by atoms with van der Waals surface area (Å²) in [6, 6.07) is 4.19. The minimum absolute atomic E-state index is 0.0105. The molecule has 1 heterocycles. The Morgan fingerprint density at radius 2 is 2.13 bits per heavy atom. The Kier molecular flexibility index (Phi) is 8.05.